The SMILES string of the molecule is O=C(Nc1ccc(F)c(-n2cc3cc(N4CC(F)C4)cnc3n2)c1)N1CCC(F)C1. The zero-order valence-electron chi connectivity index (χ0n) is 15.9. The average Bonchev–Trinajstić information content (AvgIpc) is 3.32. The predicted octanol–water partition coefficient (Wildman–Crippen LogP) is 3.29. The molecule has 2 aliphatic rings. The zero-order chi connectivity index (χ0) is 20.8. The van der Waals surface area contributed by atoms with Crippen molar-refractivity contribution >= 4 is 28.4 Å². The van der Waals surface area contributed by atoms with Gasteiger partial charge < -0.3 is 15.1 Å². The molecule has 2 aromatic heterocycles. The van der Waals surface area contributed by atoms with Crippen LogP contribution in [0.4, 0.5) is 29.3 Å². The first-order chi connectivity index (χ1) is 14.5. The van der Waals surface area contributed by atoms with Gasteiger partial charge in [0.05, 0.1) is 31.5 Å². The van der Waals surface area contributed by atoms with Gasteiger partial charge in [0.25, 0.3) is 0 Å². The van der Waals surface area contributed by atoms with Crippen molar-refractivity contribution in [2.45, 2.75) is 18.8 Å². The first kappa shape index (κ1) is 18.7. The van der Waals surface area contributed by atoms with Crippen LogP contribution in [0.3, 0.4) is 0 Å². The summed E-state index contributed by atoms with van der Waals surface area (Å²) in [5.41, 5.74) is 1.73. The van der Waals surface area contributed by atoms with Gasteiger partial charge in [0, 0.05) is 23.8 Å². The van der Waals surface area contributed by atoms with Crippen LogP contribution in [0.5, 0.6) is 0 Å². The van der Waals surface area contributed by atoms with Gasteiger partial charge >= 0.3 is 6.03 Å². The number of aromatic nitrogens is 3. The highest BCUT2D eigenvalue weighted by molar-refractivity contribution is 5.90. The van der Waals surface area contributed by atoms with Crippen LogP contribution in [0.25, 0.3) is 16.7 Å². The summed E-state index contributed by atoms with van der Waals surface area (Å²) in [7, 11) is 0. The number of anilines is 2. The van der Waals surface area contributed by atoms with Crippen molar-refractivity contribution < 1.29 is 18.0 Å². The molecule has 2 amide bonds. The Hall–Kier alpha value is -3.30. The standard InChI is InChI=1S/C20H19F3N6O/c21-13-3-4-27(9-13)20(30)25-15-1-2-17(23)18(6-15)29-8-12-5-16(7-24-19(12)26-29)28-10-14(22)11-28/h1-2,5-8,13-14H,3-4,9-11H2,(H,25,30). The third-order valence-corrected chi connectivity index (χ3v) is 5.41. The first-order valence-electron chi connectivity index (χ1n) is 9.70. The summed E-state index contributed by atoms with van der Waals surface area (Å²) in [5, 5.41) is 7.67. The monoisotopic (exact) mass is 416 g/mol. The van der Waals surface area contributed by atoms with Crippen molar-refractivity contribution in [2.75, 3.05) is 36.4 Å². The number of pyridine rings is 1. The fraction of sp³-hybridized carbons (Fsp3) is 0.350. The molecule has 156 valence electrons. The molecule has 1 aromatic carbocycles. The lowest BCUT2D eigenvalue weighted by molar-refractivity contribution is 0.218. The molecule has 0 saturated carbocycles. The second-order valence-electron chi connectivity index (χ2n) is 7.61. The van der Waals surface area contributed by atoms with E-state index in [1.165, 1.54) is 27.8 Å². The smallest absolute Gasteiger partial charge is 0.321 e. The molecule has 0 spiro atoms. The highest BCUT2D eigenvalue weighted by Crippen LogP contribution is 2.26. The van der Waals surface area contributed by atoms with E-state index < -0.39 is 24.2 Å². The molecule has 0 aliphatic carbocycles. The fourth-order valence-corrected chi connectivity index (χ4v) is 3.71. The molecule has 1 N–H and O–H groups in total. The molecule has 1 atom stereocenters. The van der Waals surface area contributed by atoms with E-state index in [9.17, 15) is 18.0 Å². The van der Waals surface area contributed by atoms with Gasteiger partial charge in [-0.1, -0.05) is 0 Å². The summed E-state index contributed by atoms with van der Waals surface area (Å²) in [6.07, 6.45) is 1.73. The number of nitrogens with zero attached hydrogens (tertiary/aromatic N) is 5. The lowest BCUT2D eigenvalue weighted by Gasteiger charge is -2.36. The van der Waals surface area contributed by atoms with E-state index >= 15 is 0 Å². The highest BCUT2D eigenvalue weighted by atomic mass is 19.1. The van der Waals surface area contributed by atoms with Gasteiger partial charge in [-0.3, -0.25) is 0 Å². The van der Waals surface area contributed by atoms with Crippen molar-refractivity contribution in [1.82, 2.24) is 19.7 Å². The molecular weight excluding hydrogens is 397 g/mol. The van der Waals surface area contributed by atoms with Gasteiger partial charge in [-0.15, -0.1) is 5.10 Å². The van der Waals surface area contributed by atoms with E-state index in [0.29, 0.717) is 42.8 Å². The zero-order valence-corrected chi connectivity index (χ0v) is 15.9. The van der Waals surface area contributed by atoms with Crippen molar-refractivity contribution in [3.8, 4) is 5.69 Å². The van der Waals surface area contributed by atoms with Crippen LogP contribution in [0, 0.1) is 5.82 Å². The molecule has 0 radical (unpaired) electrons. The van der Waals surface area contributed by atoms with Crippen LogP contribution in [-0.4, -0.2) is 64.2 Å². The lowest BCUT2D eigenvalue weighted by atomic mass is 10.1. The minimum atomic E-state index is -1.01. The number of hydrogen-bond acceptors (Lipinski definition) is 4. The van der Waals surface area contributed by atoms with Gasteiger partial charge in [-0.25, -0.2) is 27.6 Å². The molecule has 10 heteroatoms. The quantitative estimate of drug-likeness (QED) is 0.712. The number of halogens is 3. The Kier molecular flexibility index (Phi) is 4.48. The number of rotatable bonds is 3. The number of carbonyl (C=O) groups is 1. The van der Waals surface area contributed by atoms with Gasteiger partial charge in [-0.2, -0.15) is 0 Å². The third kappa shape index (κ3) is 3.42. The summed E-state index contributed by atoms with van der Waals surface area (Å²) >= 11 is 0. The van der Waals surface area contributed by atoms with Gasteiger partial charge in [0.15, 0.2) is 5.65 Å². The van der Waals surface area contributed by atoms with Crippen molar-refractivity contribution in [1.29, 1.82) is 0 Å². The van der Waals surface area contributed by atoms with Crippen LogP contribution in [0.15, 0.2) is 36.7 Å². The lowest BCUT2D eigenvalue weighted by Crippen LogP contribution is -2.48. The van der Waals surface area contributed by atoms with Gasteiger partial charge in [0.1, 0.15) is 23.8 Å². The Balaban J connectivity index is 1.40. The van der Waals surface area contributed by atoms with E-state index in [0.717, 1.165) is 5.69 Å². The molecule has 30 heavy (non-hydrogen) atoms. The fourth-order valence-electron chi connectivity index (χ4n) is 3.71. The number of likely N-dealkylation sites (tertiary alicyclic amines) is 1. The van der Waals surface area contributed by atoms with Crippen LogP contribution in [0.1, 0.15) is 6.42 Å². The first-order valence-corrected chi connectivity index (χ1v) is 9.70. The summed E-state index contributed by atoms with van der Waals surface area (Å²) in [6.45, 7) is 1.06. The Morgan fingerprint density at radius 1 is 1.13 bits per heavy atom. The summed E-state index contributed by atoms with van der Waals surface area (Å²) < 4.78 is 42.3. The number of hydrogen-bond donors (Lipinski definition) is 1. The maximum atomic E-state index is 14.5. The van der Waals surface area contributed by atoms with Crippen molar-refractivity contribution in [3.05, 3.63) is 42.5 Å². The van der Waals surface area contributed by atoms with E-state index in [-0.39, 0.29) is 12.2 Å². The molecular formula is C20H19F3N6O. The van der Waals surface area contributed by atoms with Crippen molar-refractivity contribution in [3.63, 3.8) is 0 Å². The largest absolute Gasteiger partial charge is 0.364 e. The van der Waals surface area contributed by atoms with Crippen LogP contribution in [0.2, 0.25) is 0 Å². The summed E-state index contributed by atoms with van der Waals surface area (Å²) in [6, 6.07) is 5.55. The highest BCUT2D eigenvalue weighted by Gasteiger charge is 2.27. The van der Waals surface area contributed by atoms with Crippen LogP contribution < -0.4 is 10.2 Å². The number of alkyl halides is 2. The Morgan fingerprint density at radius 3 is 2.70 bits per heavy atom. The number of carbonyl (C=O) groups excluding carboxylic acids is 1. The second kappa shape index (κ2) is 7.19. The Morgan fingerprint density at radius 2 is 1.97 bits per heavy atom. The Bertz CT molecular complexity index is 1110. The summed E-state index contributed by atoms with van der Waals surface area (Å²) in [5.74, 6) is -0.519. The van der Waals surface area contributed by atoms with Crippen LogP contribution >= 0.6 is 0 Å². The second-order valence-corrected chi connectivity index (χ2v) is 7.61. The molecule has 5 rings (SSSR count). The molecule has 2 saturated heterocycles. The molecule has 1 unspecified atom stereocenters. The van der Waals surface area contributed by atoms with E-state index in [4.69, 9.17) is 0 Å². The minimum Gasteiger partial charge on any atom is -0.364 e. The number of urea groups is 1. The van der Waals surface area contributed by atoms with Crippen molar-refractivity contribution in [2.24, 2.45) is 0 Å². The molecule has 2 aliphatic heterocycles. The maximum Gasteiger partial charge on any atom is 0.321 e. The number of amides is 2. The minimum absolute atomic E-state index is 0.0542. The normalized spacial score (nSPS) is 19.4. The third-order valence-electron chi connectivity index (χ3n) is 5.41. The van der Waals surface area contributed by atoms with Gasteiger partial charge in [-0.05, 0) is 30.7 Å². The number of nitrogens with one attached hydrogen (secondary N) is 1. The molecule has 2 fully saturated rings. The van der Waals surface area contributed by atoms with E-state index in [2.05, 4.69) is 15.4 Å². The maximum absolute atomic E-state index is 14.5. The number of fused-ring (bicyclic) bond motifs is 1. The Labute approximate surface area is 170 Å². The van der Waals surface area contributed by atoms with Gasteiger partial charge in [0.2, 0.25) is 0 Å². The van der Waals surface area contributed by atoms with E-state index in [1.54, 1.807) is 12.4 Å². The summed E-state index contributed by atoms with van der Waals surface area (Å²) in [4.78, 5) is 19.8. The molecule has 7 nitrogen and oxygen atoms in total. The topological polar surface area (TPSA) is 66.3 Å². The average molecular weight is 416 g/mol. The molecule has 0 bridgehead atoms. The molecule has 3 aromatic rings. The molecule has 4 heterocycles. The van der Waals surface area contributed by atoms with Crippen LogP contribution in [-0.2, 0) is 0 Å². The predicted molar refractivity (Wildman–Crippen MR) is 106 cm³/mol. The number of benzene rings is 1. The van der Waals surface area contributed by atoms with E-state index in [1.807, 2.05) is 11.0 Å².